The molecule has 0 aliphatic rings. The Hall–Kier alpha value is -2.87. The molecule has 3 rings (SSSR count). The predicted octanol–water partition coefficient (Wildman–Crippen LogP) is 4.33. The number of hydrogen-bond acceptors (Lipinski definition) is 6. The van der Waals surface area contributed by atoms with E-state index in [-0.39, 0.29) is 5.69 Å². The predicted molar refractivity (Wildman–Crippen MR) is 89.6 cm³/mol. The third-order valence-corrected chi connectivity index (χ3v) is 4.03. The first-order valence-corrected chi connectivity index (χ1v) is 7.90. The van der Waals surface area contributed by atoms with E-state index in [1.807, 2.05) is 17.5 Å². The van der Waals surface area contributed by atoms with Crippen LogP contribution < -0.4 is 10.6 Å². The van der Waals surface area contributed by atoms with Crippen LogP contribution in [0.1, 0.15) is 5.89 Å². The van der Waals surface area contributed by atoms with Crippen molar-refractivity contribution < 1.29 is 18.3 Å². The molecule has 6 nitrogen and oxygen atoms in total. The Labute approximate surface area is 141 Å². The summed E-state index contributed by atoms with van der Waals surface area (Å²) < 4.78 is 23.8. The van der Waals surface area contributed by atoms with Gasteiger partial charge in [-0.3, -0.25) is 5.32 Å². The molecule has 3 aromatic rings. The fourth-order valence-electron chi connectivity index (χ4n) is 1.99. The van der Waals surface area contributed by atoms with E-state index in [1.54, 1.807) is 23.6 Å². The monoisotopic (exact) mass is 347 g/mol. The van der Waals surface area contributed by atoms with Gasteiger partial charge in [0, 0.05) is 5.69 Å². The number of carbonyl (C=O) groups is 1. The van der Waals surface area contributed by atoms with E-state index in [4.69, 9.17) is 4.42 Å². The van der Waals surface area contributed by atoms with Gasteiger partial charge >= 0.3 is 6.09 Å². The molecule has 24 heavy (non-hydrogen) atoms. The fraction of sp³-hybridized carbons (Fsp3) is 0.125. The Kier molecular flexibility index (Phi) is 4.76. The molecule has 0 bridgehead atoms. The maximum absolute atomic E-state index is 13.7. The van der Waals surface area contributed by atoms with Crippen LogP contribution in [-0.4, -0.2) is 18.2 Å². The largest absolute Gasteiger partial charge is 0.453 e. The van der Waals surface area contributed by atoms with Crippen LogP contribution in [0.15, 0.2) is 46.3 Å². The number of methoxy groups -OCH3 is 1. The third-order valence-electron chi connectivity index (χ3n) is 3.15. The number of aromatic nitrogens is 1. The van der Waals surface area contributed by atoms with Gasteiger partial charge in [-0.05, 0) is 29.6 Å². The second kappa shape index (κ2) is 7.14. The Morgan fingerprint density at radius 3 is 3.04 bits per heavy atom. The quantitative estimate of drug-likeness (QED) is 0.718. The molecular weight excluding hydrogens is 333 g/mol. The number of amides is 1. The van der Waals surface area contributed by atoms with Crippen molar-refractivity contribution in [2.24, 2.45) is 0 Å². The molecule has 0 saturated carbocycles. The molecule has 1 aromatic carbocycles. The second-order valence-corrected chi connectivity index (χ2v) is 5.71. The number of thiophene rings is 1. The molecule has 124 valence electrons. The van der Waals surface area contributed by atoms with Crippen LogP contribution in [0.2, 0.25) is 0 Å². The van der Waals surface area contributed by atoms with Gasteiger partial charge in [-0.1, -0.05) is 6.07 Å². The van der Waals surface area contributed by atoms with Gasteiger partial charge in [-0.2, -0.15) is 0 Å². The highest BCUT2D eigenvalue weighted by Gasteiger charge is 2.10. The normalized spacial score (nSPS) is 10.4. The van der Waals surface area contributed by atoms with Gasteiger partial charge in [-0.15, -0.1) is 11.3 Å². The number of nitrogens with zero attached hydrogens (tertiary/aromatic N) is 1. The smallest absolute Gasteiger partial charge is 0.411 e. The molecule has 8 heteroatoms. The van der Waals surface area contributed by atoms with Crippen LogP contribution in [0, 0.1) is 5.82 Å². The standard InChI is InChI=1S/C16H14FN3O3S/c1-22-16(21)20-12-7-10(4-5-11(12)17)18-9-15-19-8-13(23-15)14-3-2-6-24-14/h2-8,18H,9H2,1H3,(H,20,21). The van der Waals surface area contributed by atoms with Crippen LogP contribution in [-0.2, 0) is 11.3 Å². The SMILES string of the molecule is COC(=O)Nc1cc(NCc2ncc(-c3cccs3)o2)ccc1F. The zero-order valence-corrected chi connectivity index (χ0v) is 13.5. The summed E-state index contributed by atoms with van der Waals surface area (Å²) in [7, 11) is 1.21. The van der Waals surface area contributed by atoms with Gasteiger partial charge < -0.3 is 14.5 Å². The Morgan fingerprint density at radius 2 is 2.29 bits per heavy atom. The van der Waals surface area contributed by atoms with E-state index in [2.05, 4.69) is 20.4 Å². The van der Waals surface area contributed by atoms with Crippen LogP contribution in [0.25, 0.3) is 10.6 Å². The molecule has 2 heterocycles. The Bertz CT molecular complexity index is 833. The molecule has 0 aliphatic carbocycles. The lowest BCUT2D eigenvalue weighted by Crippen LogP contribution is -2.12. The molecule has 1 amide bonds. The zero-order valence-electron chi connectivity index (χ0n) is 12.7. The van der Waals surface area contributed by atoms with E-state index in [0.29, 0.717) is 23.9 Å². The van der Waals surface area contributed by atoms with E-state index in [1.165, 1.54) is 19.2 Å². The second-order valence-electron chi connectivity index (χ2n) is 4.76. The number of anilines is 2. The molecule has 0 radical (unpaired) electrons. The zero-order chi connectivity index (χ0) is 16.9. The number of carbonyl (C=O) groups excluding carboxylic acids is 1. The highest BCUT2D eigenvalue weighted by atomic mass is 32.1. The summed E-state index contributed by atoms with van der Waals surface area (Å²) in [4.78, 5) is 16.4. The topological polar surface area (TPSA) is 76.4 Å². The van der Waals surface area contributed by atoms with Crippen molar-refractivity contribution in [1.29, 1.82) is 0 Å². The van der Waals surface area contributed by atoms with Gasteiger partial charge in [0.15, 0.2) is 5.76 Å². The molecule has 0 atom stereocenters. The Morgan fingerprint density at radius 1 is 1.42 bits per heavy atom. The van der Waals surface area contributed by atoms with Crippen molar-refractivity contribution in [3.8, 4) is 10.6 Å². The van der Waals surface area contributed by atoms with Crippen LogP contribution >= 0.6 is 11.3 Å². The molecule has 0 fully saturated rings. The molecule has 0 aliphatic heterocycles. The number of hydrogen-bond donors (Lipinski definition) is 2. The minimum absolute atomic E-state index is 0.0264. The van der Waals surface area contributed by atoms with E-state index in [9.17, 15) is 9.18 Å². The van der Waals surface area contributed by atoms with Gasteiger partial charge in [0.2, 0.25) is 5.89 Å². The first-order chi connectivity index (χ1) is 11.7. The summed E-state index contributed by atoms with van der Waals surface area (Å²) in [6.45, 7) is 0.328. The number of ether oxygens (including phenoxy) is 1. The first kappa shape index (κ1) is 16.0. The van der Waals surface area contributed by atoms with E-state index < -0.39 is 11.9 Å². The van der Waals surface area contributed by atoms with Crippen molar-refractivity contribution in [2.45, 2.75) is 6.54 Å². The number of halogens is 1. The van der Waals surface area contributed by atoms with Crippen molar-refractivity contribution in [3.05, 3.63) is 53.6 Å². The average Bonchev–Trinajstić information content (AvgIpc) is 3.26. The van der Waals surface area contributed by atoms with Crippen LogP contribution in [0.4, 0.5) is 20.6 Å². The van der Waals surface area contributed by atoms with Gasteiger partial charge in [0.25, 0.3) is 0 Å². The molecule has 2 N–H and O–H groups in total. The van der Waals surface area contributed by atoms with Crippen molar-refractivity contribution in [1.82, 2.24) is 4.98 Å². The summed E-state index contributed by atoms with van der Waals surface area (Å²) in [5.74, 6) is 0.654. The molecular formula is C16H14FN3O3S. The summed E-state index contributed by atoms with van der Waals surface area (Å²) >= 11 is 1.57. The maximum atomic E-state index is 13.7. The average molecular weight is 347 g/mol. The summed E-state index contributed by atoms with van der Waals surface area (Å²) in [6.07, 6.45) is 0.928. The van der Waals surface area contributed by atoms with E-state index in [0.717, 1.165) is 4.88 Å². The lowest BCUT2D eigenvalue weighted by Gasteiger charge is -2.09. The third kappa shape index (κ3) is 3.72. The highest BCUT2D eigenvalue weighted by Crippen LogP contribution is 2.26. The minimum Gasteiger partial charge on any atom is -0.453 e. The Balaban J connectivity index is 1.66. The van der Waals surface area contributed by atoms with E-state index >= 15 is 0 Å². The number of oxazole rings is 1. The summed E-state index contributed by atoms with van der Waals surface area (Å²) in [5, 5.41) is 7.34. The summed E-state index contributed by atoms with van der Waals surface area (Å²) in [5.41, 5.74) is 0.636. The number of benzene rings is 1. The van der Waals surface area contributed by atoms with Crippen molar-refractivity contribution >= 4 is 28.8 Å². The van der Waals surface area contributed by atoms with Crippen molar-refractivity contribution in [3.63, 3.8) is 0 Å². The van der Waals surface area contributed by atoms with Gasteiger partial charge in [0.05, 0.1) is 30.4 Å². The highest BCUT2D eigenvalue weighted by molar-refractivity contribution is 7.13. The minimum atomic E-state index is -0.737. The first-order valence-electron chi connectivity index (χ1n) is 7.02. The lowest BCUT2D eigenvalue weighted by molar-refractivity contribution is 0.187. The maximum Gasteiger partial charge on any atom is 0.411 e. The van der Waals surface area contributed by atoms with Crippen LogP contribution in [0.3, 0.4) is 0 Å². The summed E-state index contributed by atoms with van der Waals surface area (Å²) in [6, 6.07) is 8.17. The molecule has 0 saturated heterocycles. The number of rotatable bonds is 5. The van der Waals surface area contributed by atoms with Crippen LogP contribution in [0.5, 0.6) is 0 Å². The van der Waals surface area contributed by atoms with Gasteiger partial charge in [0.1, 0.15) is 5.82 Å². The van der Waals surface area contributed by atoms with Crippen molar-refractivity contribution in [2.75, 3.05) is 17.7 Å². The molecule has 0 unspecified atom stereocenters. The lowest BCUT2D eigenvalue weighted by atomic mass is 10.2. The number of nitrogens with one attached hydrogen (secondary N) is 2. The van der Waals surface area contributed by atoms with Gasteiger partial charge in [-0.25, -0.2) is 14.2 Å². The molecule has 2 aromatic heterocycles. The fourth-order valence-corrected chi connectivity index (χ4v) is 2.67. The molecule has 0 spiro atoms.